The molecule has 0 aromatic heterocycles. The van der Waals surface area contributed by atoms with Crippen LogP contribution in [0, 0.1) is 23.7 Å². The molecule has 0 aliphatic heterocycles. The number of hydrogen-bond donors (Lipinski definition) is 0. The van der Waals surface area contributed by atoms with E-state index in [0.29, 0.717) is 37.7 Å². The summed E-state index contributed by atoms with van der Waals surface area (Å²) in [6, 6.07) is 0. The maximum absolute atomic E-state index is 12.2. The van der Waals surface area contributed by atoms with Crippen LogP contribution in [0.25, 0.3) is 0 Å². The van der Waals surface area contributed by atoms with E-state index in [4.69, 9.17) is 9.47 Å². The molecule has 0 spiro atoms. The molecular weight excluding hydrogens is 304 g/mol. The van der Waals surface area contributed by atoms with Gasteiger partial charge < -0.3 is 9.47 Å². The largest absolute Gasteiger partial charge is 0.466 e. The summed E-state index contributed by atoms with van der Waals surface area (Å²) in [5.74, 6) is 2.85. The molecule has 0 saturated heterocycles. The van der Waals surface area contributed by atoms with Crippen LogP contribution in [0.5, 0.6) is 0 Å². The first-order chi connectivity index (χ1) is 11.7. The van der Waals surface area contributed by atoms with Crippen molar-refractivity contribution in [2.45, 2.75) is 83.7 Å². The molecule has 24 heavy (non-hydrogen) atoms. The van der Waals surface area contributed by atoms with Gasteiger partial charge in [-0.05, 0) is 75.0 Å². The van der Waals surface area contributed by atoms with Gasteiger partial charge in [-0.25, -0.2) is 0 Å². The second-order valence-corrected chi connectivity index (χ2v) is 8.17. The molecular formula is C20H32O4. The van der Waals surface area contributed by atoms with Crippen LogP contribution in [0.15, 0.2) is 0 Å². The molecule has 0 heterocycles. The molecule has 0 amide bonds. The number of esters is 2. The van der Waals surface area contributed by atoms with E-state index in [2.05, 4.69) is 6.92 Å². The van der Waals surface area contributed by atoms with Crippen molar-refractivity contribution in [3.8, 4) is 0 Å². The normalized spacial score (nSPS) is 33.5. The van der Waals surface area contributed by atoms with Crippen LogP contribution in [-0.2, 0) is 19.1 Å². The fraction of sp³-hybridized carbons (Fsp3) is 0.900. The number of ether oxygens (including phenoxy) is 2. The van der Waals surface area contributed by atoms with E-state index in [-0.39, 0.29) is 18.0 Å². The number of hydrogen-bond acceptors (Lipinski definition) is 4. The van der Waals surface area contributed by atoms with Gasteiger partial charge in [-0.3, -0.25) is 9.59 Å². The summed E-state index contributed by atoms with van der Waals surface area (Å²) in [5.41, 5.74) is 0. The molecule has 0 aromatic carbocycles. The lowest BCUT2D eigenvalue weighted by Crippen LogP contribution is -2.50. The van der Waals surface area contributed by atoms with Gasteiger partial charge in [-0.15, -0.1) is 0 Å². The number of rotatable bonds is 9. The Morgan fingerprint density at radius 1 is 0.833 bits per heavy atom. The zero-order valence-electron chi connectivity index (χ0n) is 15.0. The summed E-state index contributed by atoms with van der Waals surface area (Å²) in [6.07, 6.45) is 10.9. The highest BCUT2D eigenvalue weighted by molar-refractivity contribution is 5.70. The summed E-state index contributed by atoms with van der Waals surface area (Å²) in [4.78, 5) is 23.7. The van der Waals surface area contributed by atoms with Crippen molar-refractivity contribution in [1.82, 2.24) is 0 Å². The minimum atomic E-state index is -0.141. The molecule has 0 radical (unpaired) electrons. The van der Waals surface area contributed by atoms with E-state index in [1.54, 1.807) is 0 Å². The summed E-state index contributed by atoms with van der Waals surface area (Å²) >= 11 is 0. The minimum absolute atomic E-state index is 0.0631. The lowest BCUT2D eigenvalue weighted by Gasteiger charge is -2.53. The van der Waals surface area contributed by atoms with Crippen molar-refractivity contribution in [3.63, 3.8) is 0 Å². The number of carbonyl (C=O) groups is 2. The SMILES string of the molecule is CCCCOC(=O)CCCCC(=O)OC1C2CC3CC(C2)CC1C3. The Morgan fingerprint density at radius 3 is 2.00 bits per heavy atom. The molecule has 4 saturated carbocycles. The van der Waals surface area contributed by atoms with E-state index in [1.165, 1.54) is 32.1 Å². The van der Waals surface area contributed by atoms with Gasteiger partial charge >= 0.3 is 11.9 Å². The smallest absolute Gasteiger partial charge is 0.306 e. The molecule has 4 bridgehead atoms. The average Bonchev–Trinajstić information content (AvgIpc) is 2.54. The topological polar surface area (TPSA) is 52.6 Å². The van der Waals surface area contributed by atoms with Crippen LogP contribution in [0.2, 0.25) is 0 Å². The third kappa shape index (κ3) is 4.52. The van der Waals surface area contributed by atoms with E-state index >= 15 is 0 Å². The molecule has 4 aliphatic rings. The Kier molecular flexibility index (Phi) is 6.18. The van der Waals surface area contributed by atoms with Crippen molar-refractivity contribution >= 4 is 11.9 Å². The van der Waals surface area contributed by atoms with Crippen molar-refractivity contribution in [2.24, 2.45) is 23.7 Å². The highest BCUT2D eigenvalue weighted by atomic mass is 16.5. The fourth-order valence-corrected chi connectivity index (χ4v) is 5.22. The molecule has 0 aromatic rings. The lowest BCUT2D eigenvalue weighted by molar-refractivity contribution is -0.171. The quantitative estimate of drug-likeness (QED) is 0.466. The Hall–Kier alpha value is -1.06. The second-order valence-electron chi connectivity index (χ2n) is 8.17. The van der Waals surface area contributed by atoms with Crippen LogP contribution >= 0.6 is 0 Å². The van der Waals surface area contributed by atoms with Crippen LogP contribution in [0.1, 0.15) is 77.6 Å². The maximum atomic E-state index is 12.2. The van der Waals surface area contributed by atoms with Crippen LogP contribution in [0.3, 0.4) is 0 Å². The van der Waals surface area contributed by atoms with Gasteiger partial charge in [0, 0.05) is 12.8 Å². The van der Waals surface area contributed by atoms with Gasteiger partial charge in [0.05, 0.1) is 6.61 Å². The first kappa shape index (κ1) is 17.8. The van der Waals surface area contributed by atoms with E-state index < -0.39 is 0 Å². The Balaban J connectivity index is 1.30. The molecule has 4 heteroatoms. The third-order valence-corrected chi connectivity index (χ3v) is 6.18. The van der Waals surface area contributed by atoms with Gasteiger partial charge in [0.1, 0.15) is 6.10 Å². The van der Waals surface area contributed by atoms with Gasteiger partial charge in [0.15, 0.2) is 0 Å². The highest BCUT2D eigenvalue weighted by Gasteiger charge is 2.49. The molecule has 0 atom stereocenters. The van der Waals surface area contributed by atoms with E-state index in [1.807, 2.05) is 0 Å². The zero-order valence-corrected chi connectivity index (χ0v) is 15.0. The van der Waals surface area contributed by atoms with Crippen molar-refractivity contribution in [2.75, 3.05) is 6.61 Å². The molecule has 136 valence electrons. The van der Waals surface area contributed by atoms with E-state index in [0.717, 1.165) is 31.1 Å². The van der Waals surface area contributed by atoms with Gasteiger partial charge in [-0.2, -0.15) is 0 Å². The maximum Gasteiger partial charge on any atom is 0.306 e. The standard InChI is InChI=1S/C20H32O4/c1-2-3-8-23-18(21)6-4-5-7-19(22)24-20-16-10-14-9-15(12-16)13-17(20)11-14/h14-17,20H,2-13H2,1H3. The first-order valence-corrected chi connectivity index (χ1v) is 10.0. The summed E-state index contributed by atoms with van der Waals surface area (Å²) in [7, 11) is 0. The first-order valence-electron chi connectivity index (χ1n) is 10.0. The lowest BCUT2D eigenvalue weighted by atomic mass is 9.55. The van der Waals surface area contributed by atoms with E-state index in [9.17, 15) is 9.59 Å². The summed E-state index contributed by atoms with van der Waals surface area (Å²) < 4.78 is 11.0. The van der Waals surface area contributed by atoms with Crippen molar-refractivity contribution in [3.05, 3.63) is 0 Å². The average molecular weight is 336 g/mol. The van der Waals surface area contributed by atoms with Gasteiger partial charge in [0.2, 0.25) is 0 Å². The minimum Gasteiger partial charge on any atom is -0.466 e. The summed E-state index contributed by atoms with van der Waals surface area (Å²) in [6.45, 7) is 2.59. The number of carbonyl (C=O) groups excluding carboxylic acids is 2. The Labute approximate surface area is 145 Å². The van der Waals surface area contributed by atoms with Gasteiger partial charge in [0.25, 0.3) is 0 Å². The summed E-state index contributed by atoms with van der Waals surface area (Å²) in [5, 5.41) is 0. The van der Waals surface area contributed by atoms with Crippen LogP contribution < -0.4 is 0 Å². The number of unbranched alkanes of at least 4 members (excludes halogenated alkanes) is 2. The monoisotopic (exact) mass is 336 g/mol. The predicted octanol–water partition coefficient (Wildman–Crippen LogP) is 4.26. The Bertz CT molecular complexity index is 417. The van der Waals surface area contributed by atoms with Crippen LogP contribution in [0.4, 0.5) is 0 Å². The van der Waals surface area contributed by atoms with Gasteiger partial charge in [-0.1, -0.05) is 13.3 Å². The van der Waals surface area contributed by atoms with Crippen molar-refractivity contribution < 1.29 is 19.1 Å². The highest BCUT2D eigenvalue weighted by Crippen LogP contribution is 2.54. The molecule has 0 N–H and O–H groups in total. The van der Waals surface area contributed by atoms with Crippen molar-refractivity contribution in [1.29, 1.82) is 0 Å². The molecule has 0 unspecified atom stereocenters. The third-order valence-electron chi connectivity index (χ3n) is 6.18. The molecule has 4 nitrogen and oxygen atoms in total. The predicted molar refractivity (Wildman–Crippen MR) is 91.3 cm³/mol. The molecule has 4 fully saturated rings. The van der Waals surface area contributed by atoms with Crippen LogP contribution in [-0.4, -0.2) is 24.6 Å². The second kappa shape index (κ2) is 8.35. The molecule has 4 rings (SSSR count). The Morgan fingerprint density at radius 2 is 1.42 bits per heavy atom. The zero-order chi connectivity index (χ0) is 16.9. The fourth-order valence-electron chi connectivity index (χ4n) is 5.22. The molecule has 4 aliphatic carbocycles.